The third kappa shape index (κ3) is 5.85. The van der Waals surface area contributed by atoms with Crippen molar-refractivity contribution in [3.63, 3.8) is 0 Å². The van der Waals surface area contributed by atoms with Gasteiger partial charge in [-0.25, -0.2) is 14.1 Å². The molecule has 0 bridgehead atoms. The minimum atomic E-state index is -4.66. The predicted molar refractivity (Wildman–Crippen MR) is 134 cm³/mol. The van der Waals surface area contributed by atoms with E-state index in [1.807, 2.05) is 6.92 Å². The molecule has 7 nitrogen and oxygen atoms in total. The molecular weight excluding hydrogens is 536 g/mol. The van der Waals surface area contributed by atoms with Gasteiger partial charge in [0.1, 0.15) is 10.7 Å². The van der Waals surface area contributed by atoms with E-state index in [0.717, 1.165) is 23.4 Å². The normalized spacial score (nSPS) is 14.8. The van der Waals surface area contributed by atoms with Gasteiger partial charge in [-0.1, -0.05) is 22.9 Å². The highest BCUT2D eigenvalue weighted by Crippen LogP contribution is 2.31. The second-order valence-corrected chi connectivity index (χ2v) is 10.7. The van der Waals surface area contributed by atoms with Crippen LogP contribution in [0.3, 0.4) is 0 Å². The van der Waals surface area contributed by atoms with E-state index in [1.165, 1.54) is 18.3 Å². The molecular formula is C27H22F4N4O3S. The molecule has 5 rings (SSSR count). The van der Waals surface area contributed by atoms with E-state index in [9.17, 15) is 26.0 Å². The number of pyridine rings is 1. The molecule has 4 aromatic rings. The van der Waals surface area contributed by atoms with Crippen molar-refractivity contribution in [3.8, 4) is 5.82 Å². The maximum Gasteiger partial charge on any atom is 0.416 e. The molecule has 0 saturated carbocycles. The van der Waals surface area contributed by atoms with E-state index in [4.69, 9.17) is 4.28 Å². The number of benzene rings is 2. The van der Waals surface area contributed by atoms with Crippen molar-refractivity contribution in [1.82, 2.24) is 14.8 Å². The minimum Gasteiger partial charge on any atom is -0.264 e. The van der Waals surface area contributed by atoms with Gasteiger partial charge in [-0.2, -0.15) is 26.7 Å². The molecule has 2 heterocycles. The number of alkyl halides is 3. The first-order valence-electron chi connectivity index (χ1n) is 12.0. The third-order valence-electron chi connectivity index (χ3n) is 6.28. The molecule has 0 N–H and O–H groups in total. The zero-order valence-corrected chi connectivity index (χ0v) is 21.4. The van der Waals surface area contributed by atoms with Crippen molar-refractivity contribution >= 4 is 15.8 Å². The van der Waals surface area contributed by atoms with Gasteiger partial charge < -0.3 is 0 Å². The average Bonchev–Trinajstić information content (AvgIpc) is 3.32. The fourth-order valence-corrected chi connectivity index (χ4v) is 5.13. The van der Waals surface area contributed by atoms with Crippen LogP contribution in [0.15, 0.2) is 77.0 Å². The van der Waals surface area contributed by atoms with E-state index < -0.39 is 27.7 Å². The molecule has 2 aromatic carbocycles. The molecule has 39 heavy (non-hydrogen) atoms. The summed E-state index contributed by atoms with van der Waals surface area (Å²) in [6, 6.07) is 12.0. The predicted octanol–water partition coefficient (Wildman–Crippen LogP) is 5.77. The summed E-state index contributed by atoms with van der Waals surface area (Å²) < 4.78 is 84.9. The highest BCUT2D eigenvalue weighted by molar-refractivity contribution is 7.86. The molecule has 0 amide bonds. The summed E-state index contributed by atoms with van der Waals surface area (Å²) in [5.41, 5.74) is 2.42. The Hall–Kier alpha value is -4.06. The van der Waals surface area contributed by atoms with Gasteiger partial charge in [0.15, 0.2) is 5.82 Å². The lowest BCUT2D eigenvalue weighted by molar-refractivity contribution is -0.137. The number of hydrogen-bond acceptors (Lipinski definition) is 6. The Morgan fingerprint density at radius 1 is 1.03 bits per heavy atom. The Balaban J connectivity index is 1.40. The molecule has 202 valence electrons. The largest absolute Gasteiger partial charge is 0.416 e. The van der Waals surface area contributed by atoms with Crippen molar-refractivity contribution in [3.05, 3.63) is 106 Å². The molecule has 1 aliphatic rings. The van der Waals surface area contributed by atoms with Gasteiger partial charge in [-0.15, -0.1) is 0 Å². The number of aryl methyl sites for hydroxylation is 1. The maximum atomic E-state index is 13.9. The monoisotopic (exact) mass is 558 g/mol. The molecule has 0 atom stereocenters. The first kappa shape index (κ1) is 26.5. The molecule has 0 fully saturated rings. The van der Waals surface area contributed by atoms with Gasteiger partial charge >= 0.3 is 16.3 Å². The van der Waals surface area contributed by atoms with Crippen LogP contribution in [-0.4, -0.2) is 28.9 Å². The fraction of sp³-hybridized carbons (Fsp3) is 0.222. The zero-order chi connectivity index (χ0) is 27.8. The molecule has 0 saturated heterocycles. The summed E-state index contributed by atoms with van der Waals surface area (Å²) in [5, 5.41) is 8.34. The van der Waals surface area contributed by atoms with Crippen LogP contribution in [0.1, 0.15) is 46.4 Å². The van der Waals surface area contributed by atoms with Gasteiger partial charge in [0, 0.05) is 11.8 Å². The summed E-state index contributed by atoms with van der Waals surface area (Å²) in [6.45, 7) is 1.84. The Kier molecular flexibility index (Phi) is 6.98. The van der Waals surface area contributed by atoms with E-state index >= 15 is 0 Å². The first-order chi connectivity index (χ1) is 18.5. The Morgan fingerprint density at radius 2 is 1.79 bits per heavy atom. The molecule has 0 radical (unpaired) electrons. The summed E-state index contributed by atoms with van der Waals surface area (Å²) in [7, 11) is -4.10. The lowest BCUT2D eigenvalue weighted by Gasteiger charge is -2.15. The summed E-state index contributed by atoms with van der Waals surface area (Å²) in [4.78, 5) is 4.33. The van der Waals surface area contributed by atoms with Crippen molar-refractivity contribution < 1.29 is 30.3 Å². The van der Waals surface area contributed by atoms with Gasteiger partial charge in [0.25, 0.3) is 0 Å². The highest BCUT2D eigenvalue weighted by Gasteiger charge is 2.31. The fourth-order valence-electron chi connectivity index (χ4n) is 4.39. The topological polar surface area (TPSA) is 86.4 Å². The number of hydrogen-bond donors (Lipinski definition) is 0. The van der Waals surface area contributed by atoms with Crippen LogP contribution in [0.4, 0.5) is 17.6 Å². The van der Waals surface area contributed by atoms with Crippen molar-refractivity contribution in [2.45, 2.75) is 43.7 Å². The van der Waals surface area contributed by atoms with Crippen LogP contribution in [0.5, 0.6) is 0 Å². The number of aromatic nitrogens is 3. The van der Waals surface area contributed by atoms with Crippen molar-refractivity contribution in [1.29, 1.82) is 0 Å². The van der Waals surface area contributed by atoms with E-state index in [2.05, 4.69) is 15.2 Å². The van der Waals surface area contributed by atoms with Crippen LogP contribution in [-0.2, 0) is 33.4 Å². The average molecular weight is 559 g/mol. The molecule has 1 aliphatic carbocycles. The Morgan fingerprint density at radius 3 is 2.54 bits per heavy atom. The van der Waals surface area contributed by atoms with Gasteiger partial charge in [0.2, 0.25) is 0 Å². The Labute approximate surface area is 221 Å². The number of halogens is 4. The van der Waals surface area contributed by atoms with Crippen molar-refractivity contribution in [2.75, 3.05) is 0 Å². The molecule has 0 spiro atoms. The number of rotatable bonds is 6. The van der Waals surface area contributed by atoms with E-state index in [0.29, 0.717) is 48.0 Å². The van der Waals surface area contributed by atoms with E-state index in [-0.39, 0.29) is 16.9 Å². The van der Waals surface area contributed by atoms with Crippen LogP contribution in [0.25, 0.3) is 5.82 Å². The molecule has 2 aromatic heterocycles. The highest BCUT2D eigenvalue weighted by atomic mass is 32.2. The number of fused-ring (bicyclic) bond motifs is 1. The lowest BCUT2D eigenvalue weighted by atomic mass is 9.96. The van der Waals surface area contributed by atoms with Crippen LogP contribution in [0.2, 0.25) is 0 Å². The second-order valence-electron chi connectivity index (χ2n) is 9.19. The maximum absolute atomic E-state index is 13.9. The molecule has 0 unspecified atom stereocenters. The van der Waals surface area contributed by atoms with E-state index in [1.54, 1.807) is 35.1 Å². The zero-order valence-electron chi connectivity index (χ0n) is 20.6. The number of oxime groups is 1. The van der Waals surface area contributed by atoms with Gasteiger partial charge in [-0.3, -0.25) is 4.28 Å². The quantitative estimate of drug-likeness (QED) is 0.222. The van der Waals surface area contributed by atoms with Crippen molar-refractivity contribution in [2.24, 2.45) is 5.16 Å². The lowest BCUT2D eigenvalue weighted by Crippen LogP contribution is -2.15. The Bertz CT molecular complexity index is 1660. The summed E-state index contributed by atoms with van der Waals surface area (Å²) >= 11 is 0. The minimum absolute atomic E-state index is 0.00848. The van der Waals surface area contributed by atoms with Crippen LogP contribution in [0, 0.1) is 12.7 Å². The van der Waals surface area contributed by atoms with Crippen LogP contribution >= 0.6 is 0 Å². The summed E-state index contributed by atoms with van der Waals surface area (Å²) in [5.74, 6) is -0.552. The molecule has 12 heteroatoms. The smallest absolute Gasteiger partial charge is 0.264 e. The second kappa shape index (κ2) is 10.3. The van der Waals surface area contributed by atoms with Gasteiger partial charge in [-0.05, 0) is 86.2 Å². The van der Waals surface area contributed by atoms with Crippen LogP contribution < -0.4 is 0 Å². The molecule has 0 aliphatic heterocycles. The third-order valence-corrected chi connectivity index (χ3v) is 7.40. The summed E-state index contributed by atoms with van der Waals surface area (Å²) in [6.07, 6.45) is 0.201. The van der Waals surface area contributed by atoms with Gasteiger partial charge in [0.05, 0.1) is 23.2 Å². The first-order valence-corrected chi connectivity index (χ1v) is 13.4. The SMILES string of the molecule is Cc1ccc(S(=O)(=O)ON=C2CCCc3c2cnn3-c2cc(Cc3cc(F)cc(C(F)(F)F)c3)ccn2)cc1. The standard InChI is InChI=1S/C27H22F4N4O3S/c1-17-5-7-22(8-6-17)39(36,37)38-34-24-3-2-4-25-23(24)16-33-35(25)26-14-18(9-10-32-26)11-19-12-20(27(29,30)31)15-21(28)13-19/h5-10,12-16H,2-4,11H2,1H3. The number of nitrogens with zero attached hydrogens (tertiary/aromatic N) is 4.